The molecule has 0 spiro atoms. The Bertz CT molecular complexity index is 1680. The number of pyridine rings is 1. The third-order valence-electron chi connectivity index (χ3n) is 8.02. The highest BCUT2D eigenvalue weighted by atomic mass is 19.4. The van der Waals surface area contributed by atoms with Gasteiger partial charge in [-0.25, -0.2) is 5.01 Å². The molecule has 2 aliphatic heterocycles. The molecule has 3 aromatic rings. The summed E-state index contributed by atoms with van der Waals surface area (Å²) in [5, 5.41) is 16.7. The molecule has 2 aromatic carbocycles. The topological polar surface area (TPSA) is 104 Å². The molecule has 2 amide bonds. The molecule has 1 aromatic heterocycles. The lowest BCUT2D eigenvalue weighted by Crippen LogP contribution is -2.60. The fourth-order valence-electron chi connectivity index (χ4n) is 5.65. The SMILES string of the molecule is COc1cc(CN2C(=O)C(C(=O)Nc3ccc(C(F)(F)F)cc3-c3ccc(C(F)(F)F)nc3)=C(O)[C@@]3(C)CCCN23)cc(OC)c1. The van der Waals surface area contributed by atoms with Crippen LogP contribution in [-0.2, 0) is 28.5 Å². The molecule has 244 valence electrons. The Morgan fingerprint density at radius 2 is 1.67 bits per heavy atom. The van der Waals surface area contributed by atoms with Crippen molar-refractivity contribution in [3.63, 3.8) is 0 Å². The number of carbonyl (C=O) groups excluding carboxylic acids is 2. The smallest absolute Gasteiger partial charge is 0.433 e. The summed E-state index contributed by atoms with van der Waals surface area (Å²) >= 11 is 0. The first-order valence-electron chi connectivity index (χ1n) is 13.9. The lowest BCUT2D eigenvalue weighted by molar-refractivity contribution is -0.160. The number of benzene rings is 2. The van der Waals surface area contributed by atoms with Crippen LogP contribution in [0.4, 0.5) is 32.0 Å². The fourth-order valence-corrected chi connectivity index (χ4v) is 5.65. The van der Waals surface area contributed by atoms with Crippen LogP contribution in [0.25, 0.3) is 11.1 Å². The van der Waals surface area contributed by atoms with E-state index in [1.807, 2.05) is 0 Å². The summed E-state index contributed by atoms with van der Waals surface area (Å²) in [5.41, 5.74) is -4.33. The van der Waals surface area contributed by atoms with Crippen molar-refractivity contribution in [3.05, 3.63) is 82.9 Å². The molecule has 2 N–H and O–H groups in total. The van der Waals surface area contributed by atoms with Gasteiger partial charge in [-0.1, -0.05) is 6.07 Å². The van der Waals surface area contributed by atoms with Crippen LogP contribution in [0.15, 0.2) is 66.1 Å². The molecule has 1 fully saturated rings. The van der Waals surface area contributed by atoms with Crippen LogP contribution < -0.4 is 14.8 Å². The number of hydrogen-bond acceptors (Lipinski definition) is 7. The Balaban J connectivity index is 1.53. The fraction of sp³-hybridized carbons (Fsp3) is 0.323. The van der Waals surface area contributed by atoms with Crippen molar-refractivity contribution in [3.8, 4) is 22.6 Å². The zero-order chi connectivity index (χ0) is 33.6. The number of nitrogens with one attached hydrogen (secondary N) is 1. The van der Waals surface area contributed by atoms with E-state index in [2.05, 4.69) is 10.3 Å². The molecule has 3 heterocycles. The molecule has 5 rings (SSSR count). The molecular formula is C31H28F6N4O5. The van der Waals surface area contributed by atoms with Crippen molar-refractivity contribution in [2.75, 3.05) is 26.1 Å². The van der Waals surface area contributed by atoms with Crippen LogP contribution in [0.3, 0.4) is 0 Å². The van der Waals surface area contributed by atoms with E-state index < -0.39 is 52.3 Å². The van der Waals surface area contributed by atoms with E-state index in [4.69, 9.17) is 9.47 Å². The van der Waals surface area contributed by atoms with Gasteiger partial charge in [0.05, 0.1) is 31.9 Å². The van der Waals surface area contributed by atoms with Crippen LogP contribution in [0.5, 0.6) is 11.5 Å². The van der Waals surface area contributed by atoms with E-state index in [9.17, 15) is 41.0 Å². The van der Waals surface area contributed by atoms with E-state index in [-0.39, 0.29) is 23.4 Å². The third kappa shape index (κ3) is 6.06. The number of aliphatic hydroxyl groups excluding tert-OH is 1. The maximum absolute atomic E-state index is 13.9. The van der Waals surface area contributed by atoms with Crippen molar-refractivity contribution < 1.29 is 50.5 Å². The Hall–Kier alpha value is -4.79. The molecule has 2 aliphatic rings. The van der Waals surface area contributed by atoms with Gasteiger partial charge in [0.25, 0.3) is 11.8 Å². The maximum atomic E-state index is 13.9. The van der Waals surface area contributed by atoms with Crippen LogP contribution >= 0.6 is 0 Å². The molecule has 0 unspecified atom stereocenters. The van der Waals surface area contributed by atoms with Crippen LogP contribution in [0.2, 0.25) is 0 Å². The average Bonchev–Trinajstić information content (AvgIpc) is 3.41. The molecule has 1 atom stereocenters. The Morgan fingerprint density at radius 1 is 1.00 bits per heavy atom. The lowest BCUT2D eigenvalue weighted by Gasteiger charge is -2.46. The van der Waals surface area contributed by atoms with E-state index in [0.29, 0.717) is 54.6 Å². The number of aromatic nitrogens is 1. The number of fused-ring (bicyclic) bond motifs is 1. The molecule has 0 bridgehead atoms. The molecule has 9 nitrogen and oxygen atoms in total. The number of hydrogen-bond donors (Lipinski definition) is 2. The second kappa shape index (κ2) is 11.9. The number of alkyl halides is 6. The van der Waals surface area contributed by atoms with Gasteiger partial charge in [-0.05, 0) is 61.7 Å². The number of methoxy groups -OCH3 is 2. The monoisotopic (exact) mass is 650 g/mol. The van der Waals surface area contributed by atoms with E-state index in [1.165, 1.54) is 19.2 Å². The second-order valence-electron chi connectivity index (χ2n) is 10.9. The summed E-state index contributed by atoms with van der Waals surface area (Å²) in [6.45, 7) is 1.99. The largest absolute Gasteiger partial charge is 0.509 e. The number of amides is 2. The normalized spacial score (nSPS) is 18.9. The van der Waals surface area contributed by atoms with Gasteiger partial charge in [0, 0.05) is 35.6 Å². The molecule has 0 saturated carbocycles. The Morgan fingerprint density at radius 3 is 2.24 bits per heavy atom. The van der Waals surface area contributed by atoms with Crippen molar-refractivity contribution in [1.82, 2.24) is 15.0 Å². The highest BCUT2D eigenvalue weighted by Gasteiger charge is 2.52. The Kier molecular flexibility index (Phi) is 8.40. The summed E-state index contributed by atoms with van der Waals surface area (Å²) < 4.78 is 90.8. The van der Waals surface area contributed by atoms with Crippen LogP contribution in [-0.4, -0.2) is 58.2 Å². The first-order valence-corrected chi connectivity index (χ1v) is 13.9. The maximum Gasteiger partial charge on any atom is 0.433 e. The molecule has 46 heavy (non-hydrogen) atoms. The first-order chi connectivity index (χ1) is 21.6. The molecule has 15 heteroatoms. The van der Waals surface area contributed by atoms with Gasteiger partial charge in [0.15, 0.2) is 0 Å². The molecule has 1 saturated heterocycles. The second-order valence-corrected chi connectivity index (χ2v) is 10.9. The summed E-state index contributed by atoms with van der Waals surface area (Å²) in [5.74, 6) is -1.61. The van der Waals surface area contributed by atoms with Crippen molar-refractivity contribution in [1.29, 1.82) is 0 Å². The zero-order valence-electron chi connectivity index (χ0n) is 24.7. The summed E-state index contributed by atoms with van der Waals surface area (Å²) in [7, 11) is 2.92. The van der Waals surface area contributed by atoms with E-state index >= 15 is 0 Å². The number of anilines is 1. The van der Waals surface area contributed by atoms with Gasteiger partial charge in [-0.15, -0.1) is 0 Å². The number of carbonyl (C=O) groups is 2. The Labute approximate surface area is 259 Å². The first kappa shape index (κ1) is 32.6. The van der Waals surface area contributed by atoms with Crippen LogP contribution in [0.1, 0.15) is 36.6 Å². The number of ether oxygens (including phenoxy) is 2. The quantitative estimate of drug-likeness (QED) is 0.226. The molecule has 0 radical (unpaired) electrons. The van der Waals surface area contributed by atoms with Gasteiger partial charge in [0.2, 0.25) is 0 Å². The minimum Gasteiger partial charge on any atom is -0.509 e. The third-order valence-corrected chi connectivity index (χ3v) is 8.02. The number of halogens is 6. The predicted octanol–water partition coefficient (Wildman–Crippen LogP) is 6.37. The molecule has 0 aliphatic carbocycles. The van der Waals surface area contributed by atoms with Crippen molar-refractivity contribution >= 4 is 17.5 Å². The van der Waals surface area contributed by atoms with E-state index in [1.54, 1.807) is 30.1 Å². The number of aliphatic hydroxyl groups is 1. The predicted molar refractivity (Wildman–Crippen MR) is 152 cm³/mol. The summed E-state index contributed by atoms with van der Waals surface area (Å²) in [4.78, 5) is 31.0. The summed E-state index contributed by atoms with van der Waals surface area (Å²) in [6.07, 6.45) is -7.92. The van der Waals surface area contributed by atoms with Gasteiger partial charge in [-0.3, -0.25) is 19.6 Å². The summed E-state index contributed by atoms with van der Waals surface area (Å²) in [6, 6.07) is 8.76. The van der Waals surface area contributed by atoms with Gasteiger partial charge in [-0.2, -0.15) is 26.3 Å². The lowest BCUT2D eigenvalue weighted by atomic mass is 9.90. The van der Waals surface area contributed by atoms with E-state index in [0.717, 1.165) is 18.3 Å². The highest BCUT2D eigenvalue weighted by Crippen LogP contribution is 2.43. The van der Waals surface area contributed by atoms with Gasteiger partial charge < -0.3 is 19.9 Å². The zero-order valence-corrected chi connectivity index (χ0v) is 24.7. The van der Waals surface area contributed by atoms with Gasteiger partial charge >= 0.3 is 12.4 Å². The van der Waals surface area contributed by atoms with Crippen molar-refractivity contribution in [2.45, 2.75) is 44.2 Å². The van der Waals surface area contributed by atoms with Gasteiger partial charge in [0.1, 0.15) is 28.5 Å². The number of hydrazine groups is 1. The highest BCUT2D eigenvalue weighted by molar-refractivity contribution is 6.24. The molecular weight excluding hydrogens is 622 g/mol. The number of rotatable bonds is 7. The van der Waals surface area contributed by atoms with Crippen LogP contribution in [0, 0.1) is 0 Å². The number of nitrogens with zero attached hydrogens (tertiary/aromatic N) is 3. The average molecular weight is 651 g/mol. The van der Waals surface area contributed by atoms with Crippen molar-refractivity contribution in [2.24, 2.45) is 0 Å². The standard InChI is InChI=1S/C31H28F6N4O5/c1-29-9-4-10-41(29)40(16-17-11-20(45-2)14-21(12-17)46-3)28(44)25(26(29)42)27(43)39-23-7-6-19(30(32,33)34)13-22(23)18-5-8-24(38-15-18)31(35,36)37/h5-8,11-15,42H,4,9-10,16H2,1-3H3,(H,39,43)/t29-/m1/s1. The minimum atomic E-state index is -4.82. The minimum absolute atomic E-state index is 0.0468.